The SMILES string of the molecule is CCCCCCCCCCCC(=O)OCC(COC(=O)CCCCCCCCCCC)OC(=O)CCCCCCCCCCC.CCCCCCCCCCCC(=O)OCC(COC(=O)CCCCCCCCCCC)OC(=O)CCCCCCCCCCC. The number of carbonyl (C=O) groups is 6. The maximum atomic E-state index is 12.6. The van der Waals surface area contributed by atoms with Crippen LogP contribution < -0.4 is 0 Å². The molecule has 0 aliphatic rings. The van der Waals surface area contributed by atoms with E-state index in [0.29, 0.717) is 38.5 Å². The molecule has 0 unspecified atom stereocenters. The largest absolute Gasteiger partial charge is 0.462 e. The highest BCUT2D eigenvalue weighted by Gasteiger charge is 2.21. The Morgan fingerprint density at radius 1 is 0.178 bits per heavy atom. The number of hydrogen-bond acceptors (Lipinski definition) is 12. The van der Waals surface area contributed by atoms with E-state index in [1.54, 1.807) is 0 Å². The van der Waals surface area contributed by atoms with Gasteiger partial charge in [-0.05, 0) is 38.5 Å². The smallest absolute Gasteiger partial charge is 0.306 e. The second-order valence-electron chi connectivity index (χ2n) is 26.4. The zero-order valence-corrected chi connectivity index (χ0v) is 60.3. The molecule has 12 nitrogen and oxygen atoms in total. The third kappa shape index (κ3) is 72.2. The van der Waals surface area contributed by atoms with Crippen molar-refractivity contribution in [2.75, 3.05) is 26.4 Å². The standard InChI is InChI=1S/2C39H74O6/c2*1-4-7-10-13-16-19-22-25-28-31-37(40)43-34-36(45-39(42)33-30-27-24-21-18-15-12-9-6-3)35-44-38(41)32-29-26-23-20-17-14-11-8-5-2/h2*36H,4-35H2,1-3H3. The highest BCUT2D eigenvalue weighted by molar-refractivity contribution is 5.72. The molecule has 0 rings (SSSR count). The first kappa shape index (κ1) is 88.9. The summed E-state index contributed by atoms with van der Waals surface area (Å²) in [5, 5.41) is 0. The minimum Gasteiger partial charge on any atom is -0.462 e. The van der Waals surface area contributed by atoms with Crippen molar-refractivity contribution in [3.05, 3.63) is 0 Å². The molecule has 0 atom stereocenters. The summed E-state index contributed by atoms with van der Waals surface area (Å²) in [6, 6.07) is 0. The summed E-state index contributed by atoms with van der Waals surface area (Å²) < 4.78 is 33.1. The van der Waals surface area contributed by atoms with E-state index in [1.165, 1.54) is 231 Å². The van der Waals surface area contributed by atoms with Crippen LogP contribution in [0.4, 0.5) is 0 Å². The lowest BCUT2D eigenvalue weighted by Crippen LogP contribution is -2.30. The predicted molar refractivity (Wildman–Crippen MR) is 375 cm³/mol. The number of unbranched alkanes of at least 4 members (excludes halogenated alkanes) is 48. The van der Waals surface area contributed by atoms with E-state index in [4.69, 9.17) is 28.4 Å². The van der Waals surface area contributed by atoms with Crippen molar-refractivity contribution in [2.45, 2.75) is 439 Å². The van der Waals surface area contributed by atoms with Crippen LogP contribution in [0.1, 0.15) is 427 Å². The van der Waals surface area contributed by atoms with E-state index in [-0.39, 0.29) is 62.2 Å². The number of hydrogen-bond donors (Lipinski definition) is 0. The van der Waals surface area contributed by atoms with Crippen molar-refractivity contribution >= 4 is 35.8 Å². The third-order valence-corrected chi connectivity index (χ3v) is 17.2. The molecular formula is C78H148O12. The average Bonchev–Trinajstić information content (AvgIpc) is 3.68. The highest BCUT2D eigenvalue weighted by Crippen LogP contribution is 2.18. The van der Waals surface area contributed by atoms with Crippen LogP contribution in [0, 0.1) is 0 Å². The van der Waals surface area contributed by atoms with Crippen molar-refractivity contribution in [2.24, 2.45) is 0 Å². The minimum atomic E-state index is -0.754. The maximum absolute atomic E-state index is 12.6. The van der Waals surface area contributed by atoms with Gasteiger partial charge in [-0.2, -0.15) is 0 Å². The zero-order valence-electron chi connectivity index (χ0n) is 60.3. The fourth-order valence-electron chi connectivity index (χ4n) is 11.2. The van der Waals surface area contributed by atoms with Gasteiger partial charge in [-0.25, -0.2) is 0 Å². The van der Waals surface area contributed by atoms with Crippen molar-refractivity contribution in [3.63, 3.8) is 0 Å². The summed E-state index contributed by atoms with van der Waals surface area (Å²) in [7, 11) is 0. The average molecular weight is 1280 g/mol. The fourth-order valence-corrected chi connectivity index (χ4v) is 11.2. The first-order valence-corrected chi connectivity index (χ1v) is 39.1. The molecule has 0 aromatic carbocycles. The van der Waals surface area contributed by atoms with E-state index in [0.717, 1.165) is 116 Å². The Bertz CT molecular complexity index is 1360. The van der Waals surface area contributed by atoms with Crippen LogP contribution in [0.15, 0.2) is 0 Å². The molecule has 0 aromatic heterocycles. The number of rotatable bonds is 70. The van der Waals surface area contributed by atoms with Gasteiger partial charge < -0.3 is 28.4 Å². The van der Waals surface area contributed by atoms with E-state index in [1.807, 2.05) is 0 Å². The Kier molecular flexibility index (Phi) is 73.9. The molecule has 0 fully saturated rings. The van der Waals surface area contributed by atoms with Crippen molar-refractivity contribution in [1.82, 2.24) is 0 Å². The van der Waals surface area contributed by atoms with Crippen molar-refractivity contribution in [3.8, 4) is 0 Å². The predicted octanol–water partition coefficient (Wildman–Crippen LogP) is 23.5. The molecular weight excluding hydrogens is 1130 g/mol. The summed E-state index contributed by atoms with van der Waals surface area (Å²) >= 11 is 0. The molecule has 0 saturated heterocycles. The summed E-state index contributed by atoms with van der Waals surface area (Å²) in [6.45, 7) is 13.1. The van der Waals surface area contributed by atoms with Crippen LogP contribution in [0.2, 0.25) is 0 Å². The number of esters is 6. The first-order chi connectivity index (χ1) is 44.1. The maximum Gasteiger partial charge on any atom is 0.306 e. The van der Waals surface area contributed by atoms with Gasteiger partial charge >= 0.3 is 35.8 Å². The molecule has 0 N–H and O–H groups in total. The van der Waals surface area contributed by atoms with Gasteiger partial charge in [0.05, 0.1) is 0 Å². The molecule has 0 aliphatic carbocycles. The van der Waals surface area contributed by atoms with Gasteiger partial charge in [0, 0.05) is 38.5 Å². The molecule has 0 aliphatic heterocycles. The van der Waals surface area contributed by atoms with Gasteiger partial charge in [0.15, 0.2) is 12.2 Å². The van der Waals surface area contributed by atoms with Gasteiger partial charge in [0.1, 0.15) is 26.4 Å². The summed E-state index contributed by atoms with van der Waals surface area (Å²) in [4.78, 5) is 74.6. The topological polar surface area (TPSA) is 158 Å². The molecule has 90 heavy (non-hydrogen) atoms. The normalized spacial score (nSPS) is 11.2. The molecule has 0 spiro atoms. The lowest BCUT2D eigenvalue weighted by molar-refractivity contribution is -0.167. The van der Waals surface area contributed by atoms with Crippen LogP contribution in [0.5, 0.6) is 0 Å². The van der Waals surface area contributed by atoms with E-state index >= 15 is 0 Å². The Hall–Kier alpha value is -3.18. The molecule has 12 heteroatoms. The zero-order chi connectivity index (χ0) is 66.1. The number of ether oxygens (including phenoxy) is 6. The monoisotopic (exact) mass is 1280 g/mol. The van der Waals surface area contributed by atoms with Crippen molar-refractivity contribution in [1.29, 1.82) is 0 Å². The van der Waals surface area contributed by atoms with E-state index in [9.17, 15) is 28.8 Å². The second kappa shape index (κ2) is 74.9. The first-order valence-electron chi connectivity index (χ1n) is 39.1. The minimum absolute atomic E-state index is 0.0644. The van der Waals surface area contributed by atoms with Gasteiger partial charge in [-0.1, -0.05) is 350 Å². The molecule has 0 heterocycles. The van der Waals surface area contributed by atoms with Crippen LogP contribution in [-0.4, -0.2) is 74.5 Å². The molecule has 532 valence electrons. The van der Waals surface area contributed by atoms with Gasteiger partial charge in [-0.3, -0.25) is 28.8 Å². The summed E-state index contributed by atoms with van der Waals surface area (Å²) in [5.41, 5.74) is 0. The van der Waals surface area contributed by atoms with Crippen LogP contribution in [0.3, 0.4) is 0 Å². The number of carbonyl (C=O) groups excluding carboxylic acids is 6. The molecule has 0 saturated carbocycles. The van der Waals surface area contributed by atoms with Gasteiger partial charge in [0.2, 0.25) is 0 Å². The van der Waals surface area contributed by atoms with E-state index < -0.39 is 12.2 Å². The second-order valence-corrected chi connectivity index (χ2v) is 26.4. The van der Waals surface area contributed by atoms with Crippen LogP contribution in [0.25, 0.3) is 0 Å². The molecule has 0 aromatic rings. The fraction of sp³-hybridized carbons (Fsp3) is 0.923. The van der Waals surface area contributed by atoms with Crippen LogP contribution in [-0.2, 0) is 57.2 Å². The highest BCUT2D eigenvalue weighted by atomic mass is 16.6. The van der Waals surface area contributed by atoms with Crippen LogP contribution >= 0.6 is 0 Å². The van der Waals surface area contributed by atoms with Gasteiger partial charge in [0.25, 0.3) is 0 Å². The van der Waals surface area contributed by atoms with E-state index in [2.05, 4.69) is 41.5 Å². The Morgan fingerprint density at radius 2 is 0.300 bits per heavy atom. The molecule has 0 bridgehead atoms. The Morgan fingerprint density at radius 3 is 0.444 bits per heavy atom. The lowest BCUT2D eigenvalue weighted by atomic mass is 10.1. The quantitative estimate of drug-likeness (QED) is 0.0323. The summed E-state index contributed by atoms with van der Waals surface area (Å²) in [5.74, 6) is -1.74. The van der Waals surface area contributed by atoms with Crippen molar-refractivity contribution < 1.29 is 57.2 Å². The Labute approximate surface area is 555 Å². The molecule has 0 amide bonds. The Balaban J connectivity index is 0. The summed E-state index contributed by atoms with van der Waals surface area (Å²) in [6.07, 6.45) is 64.6. The van der Waals surface area contributed by atoms with Gasteiger partial charge in [-0.15, -0.1) is 0 Å². The lowest BCUT2D eigenvalue weighted by Gasteiger charge is -2.18. The third-order valence-electron chi connectivity index (χ3n) is 17.2. The molecule has 0 radical (unpaired) electrons.